The molecule has 7 unspecified atom stereocenters. The van der Waals surface area contributed by atoms with Crippen molar-refractivity contribution >= 4 is 37.0 Å². The molecule has 0 saturated carbocycles. The molecule has 0 aliphatic carbocycles. The molecule has 0 radical (unpaired) electrons. The number of halogens is 1. The molecule has 42 heavy (non-hydrogen) atoms. The third-order valence-electron chi connectivity index (χ3n) is 5.85. The van der Waals surface area contributed by atoms with Gasteiger partial charge in [0, 0.05) is 0 Å². The third kappa shape index (κ3) is 7.62. The van der Waals surface area contributed by atoms with E-state index < -0.39 is 69.0 Å². The normalized spacial score (nSPS) is 25.1. The van der Waals surface area contributed by atoms with E-state index in [4.69, 9.17) is 33.7 Å². The number of ether oxygens (including phenoxy) is 5. The van der Waals surface area contributed by atoms with Gasteiger partial charge in [-0.1, -0.05) is 0 Å². The van der Waals surface area contributed by atoms with Crippen LogP contribution in [0.5, 0.6) is 5.88 Å². The first-order valence-corrected chi connectivity index (χ1v) is 14.5. The van der Waals surface area contributed by atoms with E-state index in [0.717, 1.165) is 6.92 Å². The van der Waals surface area contributed by atoms with Gasteiger partial charge in [0.15, 0.2) is 23.1 Å². The topological polar surface area (TPSA) is 218 Å². The van der Waals surface area contributed by atoms with Gasteiger partial charge < -0.3 is 34.5 Å². The Morgan fingerprint density at radius 2 is 1.98 bits per heavy atom. The van der Waals surface area contributed by atoms with Crippen LogP contribution in [0, 0.1) is 0 Å². The molecule has 236 valence electrons. The standard InChI is InChI=1S/C23H36FN6O11P/c1-8-36-22(33)39-13(5)41-42(34,29-12(4)19(32)38-11(2)3)37-9-14-16(31)23(6,24)20(40-14)30-10-26-15-17(30)27-21(25)28-18(15)35-7/h10-14,16,20,31H,8-9H2,1-7H3,(H,29,34)(H2,25,27,28). The van der Waals surface area contributed by atoms with Crippen LogP contribution in [0.1, 0.15) is 47.8 Å². The Morgan fingerprint density at radius 1 is 1.29 bits per heavy atom. The number of aliphatic hydroxyl groups excluding tert-OH is 1. The fraction of sp³-hybridized carbons (Fsp3) is 0.696. The quantitative estimate of drug-likeness (QED) is 0.165. The van der Waals surface area contributed by atoms with Crippen molar-refractivity contribution in [3.63, 3.8) is 0 Å². The van der Waals surface area contributed by atoms with Crippen LogP contribution in [0.4, 0.5) is 15.1 Å². The number of nitrogens with one attached hydrogen (secondary N) is 1. The molecule has 0 aromatic carbocycles. The Labute approximate surface area is 240 Å². The summed E-state index contributed by atoms with van der Waals surface area (Å²) in [7, 11) is -3.18. The number of fused-ring (bicyclic) bond motifs is 1. The van der Waals surface area contributed by atoms with Crippen molar-refractivity contribution in [2.24, 2.45) is 0 Å². The van der Waals surface area contributed by atoms with Crippen LogP contribution in [0.2, 0.25) is 0 Å². The second kappa shape index (κ2) is 13.4. The van der Waals surface area contributed by atoms with Gasteiger partial charge in [-0.3, -0.25) is 18.4 Å². The molecule has 4 N–H and O–H groups in total. The largest absolute Gasteiger partial charge is 0.510 e. The number of esters is 1. The number of aromatic nitrogens is 4. The Morgan fingerprint density at radius 3 is 2.60 bits per heavy atom. The maximum absolute atomic E-state index is 15.9. The zero-order chi connectivity index (χ0) is 31.4. The van der Waals surface area contributed by atoms with Crippen molar-refractivity contribution in [2.45, 2.75) is 84.1 Å². The first-order chi connectivity index (χ1) is 19.6. The number of nitrogen functional groups attached to an aromatic ring is 1. The summed E-state index contributed by atoms with van der Waals surface area (Å²) in [6.07, 6.45) is -6.58. The fourth-order valence-corrected chi connectivity index (χ4v) is 5.52. The van der Waals surface area contributed by atoms with E-state index in [-0.39, 0.29) is 29.6 Å². The van der Waals surface area contributed by atoms with Crippen LogP contribution < -0.4 is 15.6 Å². The van der Waals surface area contributed by atoms with E-state index in [1.165, 1.54) is 31.9 Å². The Balaban J connectivity index is 1.82. The molecule has 1 aliphatic rings. The molecular formula is C23H36FN6O11P. The van der Waals surface area contributed by atoms with E-state index in [2.05, 4.69) is 24.8 Å². The van der Waals surface area contributed by atoms with Crippen LogP contribution in [0.25, 0.3) is 11.2 Å². The number of anilines is 1. The van der Waals surface area contributed by atoms with Crippen molar-refractivity contribution in [3.8, 4) is 5.88 Å². The van der Waals surface area contributed by atoms with E-state index in [9.17, 15) is 19.3 Å². The highest BCUT2D eigenvalue weighted by Crippen LogP contribution is 2.49. The monoisotopic (exact) mass is 622 g/mol. The number of nitrogens with two attached hydrogens (primary N) is 1. The molecule has 2 aromatic rings. The molecule has 17 nitrogen and oxygen atoms in total. The van der Waals surface area contributed by atoms with Crippen molar-refractivity contribution in [2.75, 3.05) is 26.1 Å². The van der Waals surface area contributed by atoms with E-state index >= 15 is 4.39 Å². The zero-order valence-corrected chi connectivity index (χ0v) is 25.1. The Kier molecular flexibility index (Phi) is 10.7. The summed E-state index contributed by atoms with van der Waals surface area (Å²) >= 11 is 0. The number of carbonyl (C=O) groups is 2. The van der Waals surface area contributed by atoms with Crippen LogP contribution in [0.3, 0.4) is 0 Å². The number of hydrogen-bond acceptors (Lipinski definition) is 15. The number of imidazole rings is 1. The molecule has 3 heterocycles. The predicted molar refractivity (Wildman–Crippen MR) is 142 cm³/mol. The van der Waals surface area contributed by atoms with Crippen molar-refractivity contribution in [1.29, 1.82) is 0 Å². The number of alkyl halides is 1. The first kappa shape index (κ1) is 33.4. The number of rotatable bonds is 13. The zero-order valence-electron chi connectivity index (χ0n) is 24.2. The number of methoxy groups -OCH3 is 1. The highest BCUT2D eigenvalue weighted by Gasteiger charge is 2.56. The lowest BCUT2D eigenvalue weighted by atomic mass is 9.98. The first-order valence-electron chi connectivity index (χ1n) is 12.9. The Hall–Kier alpha value is -3.15. The summed E-state index contributed by atoms with van der Waals surface area (Å²) in [5, 5.41) is 13.2. The molecule has 7 atom stereocenters. The smallest absolute Gasteiger partial charge is 0.479 e. The maximum atomic E-state index is 15.9. The van der Waals surface area contributed by atoms with Gasteiger partial charge in [0.2, 0.25) is 18.1 Å². The summed E-state index contributed by atoms with van der Waals surface area (Å²) in [6.45, 7) is 7.75. The molecule has 0 spiro atoms. The lowest BCUT2D eigenvalue weighted by Gasteiger charge is -2.26. The lowest BCUT2D eigenvalue weighted by Crippen LogP contribution is -2.41. The minimum atomic E-state index is -4.53. The molecule has 1 fully saturated rings. The average molecular weight is 623 g/mol. The van der Waals surface area contributed by atoms with Crippen LogP contribution in [-0.4, -0.2) is 93.4 Å². The molecular weight excluding hydrogens is 586 g/mol. The van der Waals surface area contributed by atoms with Crippen molar-refractivity contribution in [3.05, 3.63) is 6.33 Å². The average Bonchev–Trinajstić information content (AvgIpc) is 3.39. The van der Waals surface area contributed by atoms with Crippen LogP contribution in [0.15, 0.2) is 6.33 Å². The van der Waals surface area contributed by atoms with Gasteiger partial charge >= 0.3 is 19.9 Å². The van der Waals surface area contributed by atoms with Gasteiger partial charge in [-0.05, 0) is 41.5 Å². The number of nitrogens with zero attached hydrogens (tertiary/aromatic N) is 4. The maximum Gasteiger partial charge on any atom is 0.510 e. The minimum Gasteiger partial charge on any atom is -0.479 e. The van der Waals surface area contributed by atoms with Crippen LogP contribution >= 0.6 is 7.75 Å². The number of hydrogen-bond donors (Lipinski definition) is 3. The molecule has 2 aromatic heterocycles. The summed E-state index contributed by atoms with van der Waals surface area (Å²) in [5.41, 5.74) is 3.54. The highest BCUT2D eigenvalue weighted by molar-refractivity contribution is 7.51. The van der Waals surface area contributed by atoms with Crippen LogP contribution in [-0.2, 0) is 37.4 Å². The Bertz CT molecular complexity index is 1310. The summed E-state index contributed by atoms with van der Waals surface area (Å²) in [5.74, 6) is -0.911. The second-order valence-electron chi connectivity index (χ2n) is 9.64. The van der Waals surface area contributed by atoms with Gasteiger partial charge in [-0.25, -0.2) is 23.8 Å². The van der Waals surface area contributed by atoms with Gasteiger partial charge in [0.25, 0.3) is 0 Å². The second-order valence-corrected chi connectivity index (χ2v) is 11.4. The SMILES string of the molecule is CCOC(=O)OC(C)OP(=O)(NC(C)C(=O)OC(C)C)OCC1OC(n2cnc3c(OC)nc(N)nc32)C(C)(F)C1O. The van der Waals surface area contributed by atoms with E-state index in [1.807, 2.05) is 0 Å². The molecule has 3 rings (SSSR count). The van der Waals surface area contributed by atoms with Gasteiger partial charge in [0.1, 0.15) is 18.2 Å². The van der Waals surface area contributed by atoms with Gasteiger partial charge in [-0.2, -0.15) is 9.97 Å². The van der Waals surface area contributed by atoms with Crippen molar-refractivity contribution in [1.82, 2.24) is 24.6 Å². The lowest BCUT2D eigenvalue weighted by molar-refractivity contribution is -0.149. The predicted octanol–water partition coefficient (Wildman–Crippen LogP) is 1.99. The molecule has 19 heteroatoms. The number of aliphatic hydroxyl groups is 1. The summed E-state index contributed by atoms with van der Waals surface area (Å²) in [4.78, 5) is 36.2. The van der Waals surface area contributed by atoms with Crippen molar-refractivity contribution < 1.29 is 56.4 Å². The molecule has 0 amide bonds. The minimum absolute atomic E-state index is 0.00766. The van der Waals surface area contributed by atoms with E-state index in [0.29, 0.717) is 0 Å². The summed E-state index contributed by atoms with van der Waals surface area (Å²) in [6, 6.07) is -1.22. The van der Waals surface area contributed by atoms with Gasteiger partial charge in [-0.15, -0.1) is 0 Å². The molecule has 1 saturated heterocycles. The van der Waals surface area contributed by atoms with E-state index in [1.54, 1.807) is 20.8 Å². The van der Waals surface area contributed by atoms with Gasteiger partial charge in [0.05, 0.1) is 32.8 Å². The fourth-order valence-electron chi connectivity index (χ4n) is 3.97. The summed E-state index contributed by atoms with van der Waals surface area (Å²) < 4.78 is 67.2. The number of carbonyl (C=O) groups excluding carboxylic acids is 2. The molecule has 0 bridgehead atoms. The molecule has 1 aliphatic heterocycles. The third-order valence-corrected chi connectivity index (χ3v) is 7.61. The highest BCUT2D eigenvalue weighted by atomic mass is 31.2.